The van der Waals surface area contributed by atoms with Crippen LogP contribution in [-0.4, -0.2) is 35.4 Å². The van der Waals surface area contributed by atoms with Crippen molar-refractivity contribution in [2.75, 3.05) is 20.6 Å². The SMILES string of the molecule is Cc1cccc(CN2CCCC[C@H]2c2ccc(CN(C)C)cc2)n1. The van der Waals surface area contributed by atoms with E-state index in [1.54, 1.807) is 0 Å². The first-order valence-corrected chi connectivity index (χ1v) is 9.02. The lowest BCUT2D eigenvalue weighted by molar-refractivity contribution is 0.138. The van der Waals surface area contributed by atoms with Crippen LogP contribution in [0.5, 0.6) is 0 Å². The summed E-state index contributed by atoms with van der Waals surface area (Å²) in [6.45, 7) is 5.19. The Hall–Kier alpha value is -1.71. The van der Waals surface area contributed by atoms with Gasteiger partial charge in [-0.25, -0.2) is 0 Å². The van der Waals surface area contributed by atoms with Gasteiger partial charge in [-0.2, -0.15) is 0 Å². The molecule has 3 rings (SSSR count). The molecule has 1 aromatic carbocycles. The summed E-state index contributed by atoms with van der Waals surface area (Å²) in [5.41, 5.74) is 5.12. The van der Waals surface area contributed by atoms with Crippen molar-refractivity contribution in [1.82, 2.24) is 14.8 Å². The molecule has 0 bridgehead atoms. The van der Waals surface area contributed by atoms with E-state index in [0.29, 0.717) is 6.04 Å². The van der Waals surface area contributed by atoms with Gasteiger partial charge in [0.1, 0.15) is 0 Å². The molecule has 0 spiro atoms. The number of rotatable bonds is 5. The van der Waals surface area contributed by atoms with Crippen molar-refractivity contribution >= 4 is 0 Å². The van der Waals surface area contributed by atoms with Crippen LogP contribution in [0.15, 0.2) is 42.5 Å². The Kier molecular flexibility index (Phi) is 5.64. The van der Waals surface area contributed by atoms with Gasteiger partial charge in [0.2, 0.25) is 0 Å². The van der Waals surface area contributed by atoms with E-state index >= 15 is 0 Å². The zero-order chi connectivity index (χ0) is 16.9. The van der Waals surface area contributed by atoms with Crippen molar-refractivity contribution in [2.24, 2.45) is 0 Å². The molecule has 2 aromatic rings. The van der Waals surface area contributed by atoms with Crippen LogP contribution in [0.25, 0.3) is 0 Å². The lowest BCUT2D eigenvalue weighted by Gasteiger charge is -2.36. The van der Waals surface area contributed by atoms with E-state index in [2.05, 4.69) is 73.3 Å². The van der Waals surface area contributed by atoms with Gasteiger partial charge in [0.15, 0.2) is 0 Å². The monoisotopic (exact) mass is 323 g/mol. The van der Waals surface area contributed by atoms with Gasteiger partial charge in [0.25, 0.3) is 0 Å². The van der Waals surface area contributed by atoms with Crippen molar-refractivity contribution in [3.8, 4) is 0 Å². The molecule has 0 saturated carbocycles. The fourth-order valence-corrected chi connectivity index (χ4v) is 3.66. The van der Waals surface area contributed by atoms with Gasteiger partial charge in [0.05, 0.1) is 5.69 Å². The van der Waals surface area contributed by atoms with Gasteiger partial charge in [-0.3, -0.25) is 9.88 Å². The third-order valence-corrected chi connectivity index (χ3v) is 4.79. The number of aromatic nitrogens is 1. The van der Waals surface area contributed by atoms with E-state index < -0.39 is 0 Å². The predicted octanol–water partition coefficient (Wildman–Crippen LogP) is 4.18. The summed E-state index contributed by atoms with van der Waals surface area (Å²) in [4.78, 5) is 9.51. The maximum Gasteiger partial charge on any atom is 0.0547 e. The Morgan fingerprint density at radius 3 is 2.58 bits per heavy atom. The van der Waals surface area contributed by atoms with Gasteiger partial charge in [0, 0.05) is 24.8 Å². The molecular formula is C21H29N3. The van der Waals surface area contributed by atoms with Crippen LogP contribution in [0.2, 0.25) is 0 Å². The molecule has 3 nitrogen and oxygen atoms in total. The minimum absolute atomic E-state index is 0.523. The summed E-state index contributed by atoms with van der Waals surface area (Å²) >= 11 is 0. The van der Waals surface area contributed by atoms with Crippen molar-refractivity contribution < 1.29 is 0 Å². The molecule has 1 aliphatic heterocycles. The van der Waals surface area contributed by atoms with Crippen LogP contribution < -0.4 is 0 Å². The Balaban J connectivity index is 1.74. The molecule has 128 valence electrons. The first-order valence-electron chi connectivity index (χ1n) is 9.02. The summed E-state index contributed by atoms with van der Waals surface area (Å²) < 4.78 is 0. The first kappa shape index (κ1) is 17.1. The van der Waals surface area contributed by atoms with E-state index in [0.717, 1.165) is 18.8 Å². The van der Waals surface area contributed by atoms with Crippen molar-refractivity contribution in [1.29, 1.82) is 0 Å². The maximum absolute atomic E-state index is 4.69. The lowest BCUT2D eigenvalue weighted by atomic mass is 9.94. The third-order valence-electron chi connectivity index (χ3n) is 4.79. The van der Waals surface area contributed by atoms with Gasteiger partial charge < -0.3 is 4.90 Å². The number of hydrogen-bond acceptors (Lipinski definition) is 3. The Morgan fingerprint density at radius 2 is 1.88 bits per heavy atom. The summed E-state index contributed by atoms with van der Waals surface area (Å²) in [6, 6.07) is 16.1. The van der Waals surface area contributed by atoms with Crippen molar-refractivity contribution in [3.05, 3.63) is 65.0 Å². The molecule has 0 unspecified atom stereocenters. The number of pyridine rings is 1. The molecule has 0 radical (unpaired) electrons. The van der Waals surface area contributed by atoms with E-state index in [9.17, 15) is 0 Å². The summed E-state index contributed by atoms with van der Waals surface area (Å²) in [5, 5.41) is 0. The highest BCUT2D eigenvalue weighted by Gasteiger charge is 2.24. The quantitative estimate of drug-likeness (QED) is 0.823. The fourth-order valence-electron chi connectivity index (χ4n) is 3.66. The van der Waals surface area contributed by atoms with Crippen LogP contribution in [0.1, 0.15) is 47.8 Å². The standard InChI is InChI=1S/C21H29N3/c1-17-7-6-8-20(22-17)16-24-14-5-4-9-21(24)19-12-10-18(11-13-19)15-23(2)3/h6-8,10-13,21H,4-5,9,14-16H2,1-3H3/t21-/m0/s1. The zero-order valence-corrected chi connectivity index (χ0v) is 15.2. The summed E-state index contributed by atoms with van der Waals surface area (Å²) in [5.74, 6) is 0. The topological polar surface area (TPSA) is 19.4 Å². The lowest BCUT2D eigenvalue weighted by Crippen LogP contribution is -2.33. The number of hydrogen-bond donors (Lipinski definition) is 0. The second-order valence-corrected chi connectivity index (χ2v) is 7.23. The molecule has 2 heterocycles. The van der Waals surface area contributed by atoms with Gasteiger partial charge >= 0.3 is 0 Å². The van der Waals surface area contributed by atoms with Gasteiger partial charge in [-0.15, -0.1) is 0 Å². The molecule has 1 aliphatic rings. The maximum atomic E-state index is 4.69. The number of benzene rings is 1. The Morgan fingerprint density at radius 1 is 1.08 bits per heavy atom. The number of aryl methyl sites for hydroxylation is 1. The van der Waals surface area contributed by atoms with Crippen LogP contribution in [0, 0.1) is 6.92 Å². The van der Waals surface area contributed by atoms with E-state index in [-0.39, 0.29) is 0 Å². The molecule has 3 heteroatoms. The molecule has 1 fully saturated rings. The number of piperidine rings is 1. The first-order chi connectivity index (χ1) is 11.6. The third kappa shape index (κ3) is 4.43. The number of nitrogens with zero attached hydrogens (tertiary/aromatic N) is 3. The van der Waals surface area contributed by atoms with Gasteiger partial charge in [-0.1, -0.05) is 36.8 Å². The molecule has 1 aromatic heterocycles. The van der Waals surface area contributed by atoms with Crippen molar-refractivity contribution in [3.63, 3.8) is 0 Å². The van der Waals surface area contributed by atoms with Crippen LogP contribution in [-0.2, 0) is 13.1 Å². The Labute approximate surface area is 146 Å². The van der Waals surface area contributed by atoms with E-state index in [4.69, 9.17) is 4.98 Å². The van der Waals surface area contributed by atoms with Crippen LogP contribution in [0.4, 0.5) is 0 Å². The van der Waals surface area contributed by atoms with E-state index in [1.807, 2.05) is 0 Å². The zero-order valence-electron chi connectivity index (χ0n) is 15.2. The normalized spacial score (nSPS) is 18.9. The summed E-state index contributed by atoms with van der Waals surface area (Å²) in [7, 11) is 4.23. The highest BCUT2D eigenvalue weighted by molar-refractivity contribution is 5.25. The van der Waals surface area contributed by atoms with E-state index in [1.165, 1.54) is 42.6 Å². The van der Waals surface area contributed by atoms with Crippen LogP contribution >= 0.6 is 0 Å². The Bertz CT molecular complexity index is 648. The second kappa shape index (κ2) is 7.91. The highest BCUT2D eigenvalue weighted by Crippen LogP contribution is 2.32. The summed E-state index contributed by atoms with van der Waals surface area (Å²) in [6.07, 6.45) is 3.86. The molecule has 1 atom stereocenters. The smallest absolute Gasteiger partial charge is 0.0547 e. The minimum Gasteiger partial charge on any atom is -0.305 e. The molecule has 24 heavy (non-hydrogen) atoms. The molecule has 0 N–H and O–H groups in total. The minimum atomic E-state index is 0.523. The van der Waals surface area contributed by atoms with Gasteiger partial charge in [-0.05, 0) is 63.7 Å². The highest BCUT2D eigenvalue weighted by atomic mass is 15.2. The van der Waals surface area contributed by atoms with Crippen LogP contribution in [0.3, 0.4) is 0 Å². The molecular weight excluding hydrogens is 294 g/mol. The molecule has 0 amide bonds. The number of likely N-dealkylation sites (tertiary alicyclic amines) is 1. The average molecular weight is 323 g/mol. The second-order valence-electron chi connectivity index (χ2n) is 7.23. The largest absolute Gasteiger partial charge is 0.305 e. The molecule has 0 aliphatic carbocycles. The van der Waals surface area contributed by atoms with Crippen molar-refractivity contribution in [2.45, 2.75) is 45.3 Å². The average Bonchev–Trinajstić information content (AvgIpc) is 2.56. The fraction of sp³-hybridized carbons (Fsp3) is 0.476. The predicted molar refractivity (Wildman–Crippen MR) is 99.8 cm³/mol. The molecule has 1 saturated heterocycles.